The van der Waals surface area contributed by atoms with Crippen LogP contribution in [0.15, 0.2) is 30.6 Å². The van der Waals surface area contributed by atoms with Gasteiger partial charge in [-0.3, -0.25) is 9.78 Å². The third kappa shape index (κ3) is 4.69. The molecule has 2 fully saturated rings. The molecule has 3 N–H and O–H groups in total. The first-order chi connectivity index (χ1) is 14.7. The van der Waals surface area contributed by atoms with E-state index in [4.69, 9.17) is 5.73 Å². The van der Waals surface area contributed by atoms with Crippen LogP contribution in [-0.4, -0.2) is 41.7 Å². The van der Waals surface area contributed by atoms with Gasteiger partial charge in [0.25, 0.3) is 5.91 Å². The number of benzene rings is 1. The highest BCUT2D eigenvalue weighted by Crippen LogP contribution is 2.37. The fourth-order valence-electron chi connectivity index (χ4n) is 4.55. The van der Waals surface area contributed by atoms with Crippen molar-refractivity contribution in [2.24, 2.45) is 5.73 Å². The predicted molar refractivity (Wildman–Crippen MR) is 114 cm³/mol. The highest BCUT2D eigenvalue weighted by molar-refractivity contribution is 6.03. The van der Waals surface area contributed by atoms with Crippen LogP contribution >= 0.6 is 0 Å². The van der Waals surface area contributed by atoms with Gasteiger partial charge >= 0.3 is 0 Å². The van der Waals surface area contributed by atoms with Crippen LogP contribution in [0, 0.1) is 11.6 Å². The van der Waals surface area contributed by atoms with E-state index in [1.807, 2.05) is 11.8 Å². The Hall–Kier alpha value is -2.61. The van der Waals surface area contributed by atoms with Crippen molar-refractivity contribution in [2.75, 3.05) is 18.0 Å². The number of alkyl halides is 1. The maximum Gasteiger partial charge on any atom is 0.255 e. The molecule has 1 aromatic heterocycles. The molecule has 4 rings (SSSR count). The quantitative estimate of drug-likeness (QED) is 0.767. The Balaban J connectivity index is 1.76. The third-order valence-electron chi connectivity index (χ3n) is 6.15. The Morgan fingerprint density at radius 3 is 2.55 bits per heavy atom. The van der Waals surface area contributed by atoms with Crippen molar-refractivity contribution < 1.29 is 18.0 Å². The normalized spacial score (nSPS) is 26.2. The first kappa shape index (κ1) is 21.6. The van der Waals surface area contributed by atoms with E-state index in [2.05, 4.69) is 10.3 Å². The molecule has 1 aromatic carbocycles. The molecule has 166 valence electrons. The van der Waals surface area contributed by atoms with E-state index in [0.717, 1.165) is 18.9 Å². The highest BCUT2D eigenvalue weighted by Gasteiger charge is 2.34. The minimum Gasteiger partial charge on any atom is -0.368 e. The summed E-state index contributed by atoms with van der Waals surface area (Å²) in [4.78, 5) is 19.3. The molecule has 0 spiro atoms. The second-order valence-corrected chi connectivity index (χ2v) is 8.95. The molecule has 2 aromatic rings. The molecule has 1 saturated carbocycles. The van der Waals surface area contributed by atoms with Crippen molar-refractivity contribution in [2.45, 2.75) is 56.8 Å². The second kappa shape index (κ2) is 8.49. The fraction of sp³-hybridized carbons (Fsp3) is 0.478. The summed E-state index contributed by atoms with van der Waals surface area (Å²) in [5.74, 6) is -1.88. The van der Waals surface area contributed by atoms with Gasteiger partial charge in [-0.05, 0) is 43.9 Å². The highest BCUT2D eigenvalue weighted by atomic mass is 19.1. The smallest absolute Gasteiger partial charge is 0.255 e. The lowest BCUT2D eigenvalue weighted by Crippen LogP contribution is -2.44. The van der Waals surface area contributed by atoms with E-state index in [1.165, 1.54) is 24.5 Å². The third-order valence-corrected chi connectivity index (χ3v) is 6.15. The Kier molecular flexibility index (Phi) is 5.92. The molecule has 8 heteroatoms. The number of nitrogens with two attached hydrogens (primary N) is 1. The van der Waals surface area contributed by atoms with Crippen LogP contribution in [0.2, 0.25) is 0 Å². The van der Waals surface area contributed by atoms with E-state index in [1.54, 1.807) is 0 Å². The van der Waals surface area contributed by atoms with Gasteiger partial charge in [0.05, 0.1) is 17.3 Å². The SMILES string of the molecule is C[C@]1(N)CCN(c2c(C(=O)N[C@H]3CCCC[C@@H]3F)cncc2-c2cc(F)cc(F)c2)C1. The molecule has 0 radical (unpaired) electrons. The molecule has 2 heterocycles. The van der Waals surface area contributed by atoms with Crippen LogP contribution in [0.5, 0.6) is 0 Å². The maximum atomic E-state index is 14.3. The van der Waals surface area contributed by atoms with Crippen LogP contribution in [0.1, 0.15) is 49.4 Å². The molecule has 5 nitrogen and oxygen atoms in total. The van der Waals surface area contributed by atoms with Crippen LogP contribution < -0.4 is 16.0 Å². The summed E-state index contributed by atoms with van der Waals surface area (Å²) in [7, 11) is 0. The predicted octanol–water partition coefficient (Wildman–Crippen LogP) is 3.96. The number of anilines is 1. The number of hydrogen-bond acceptors (Lipinski definition) is 4. The van der Waals surface area contributed by atoms with E-state index in [0.29, 0.717) is 43.6 Å². The number of carbonyl (C=O) groups excluding carboxylic acids is 1. The van der Waals surface area contributed by atoms with Gasteiger partial charge in [0.1, 0.15) is 17.8 Å². The molecule has 1 aliphatic carbocycles. The lowest BCUT2D eigenvalue weighted by Gasteiger charge is -2.29. The lowest BCUT2D eigenvalue weighted by atomic mass is 9.93. The van der Waals surface area contributed by atoms with Crippen LogP contribution in [-0.2, 0) is 0 Å². The number of carbonyl (C=O) groups is 1. The summed E-state index contributed by atoms with van der Waals surface area (Å²) in [6.07, 6.45) is 5.19. The number of hydrogen-bond donors (Lipinski definition) is 2. The molecule has 0 bridgehead atoms. The van der Waals surface area contributed by atoms with Gasteiger partial charge in [-0.15, -0.1) is 0 Å². The van der Waals surface area contributed by atoms with Crippen molar-refractivity contribution in [1.82, 2.24) is 10.3 Å². The molecule has 31 heavy (non-hydrogen) atoms. The zero-order valence-corrected chi connectivity index (χ0v) is 17.5. The number of aromatic nitrogens is 1. The van der Waals surface area contributed by atoms with Gasteiger partial charge in [-0.1, -0.05) is 12.8 Å². The van der Waals surface area contributed by atoms with Gasteiger partial charge in [0.15, 0.2) is 0 Å². The number of halogens is 3. The molecule has 1 amide bonds. The lowest BCUT2D eigenvalue weighted by molar-refractivity contribution is 0.0884. The first-order valence-corrected chi connectivity index (χ1v) is 10.7. The monoisotopic (exact) mass is 432 g/mol. The van der Waals surface area contributed by atoms with E-state index < -0.39 is 35.3 Å². The number of rotatable bonds is 4. The van der Waals surface area contributed by atoms with E-state index in [9.17, 15) is 18.0 Å². The number of nitrogens with zero attached hydrogens (tertiary/aromatic N) is 2. The van der Waals surface area contributed by atoms with Crippen LogP contribution in [0.25, 0.3) is 11.1 Å². The van der Waals surface area contributed by atoms with Gasteiger partial charge in [-0.25, -0.2) is 13.2 Å². The fourth-order valence-corrected chi connectivity index (χ4v) is 4.55. The summed E-state index contributed by atoms with van der Waals surface area (Å²) in [5, 5.41) is 2.81. The van der Waals surface area contributed by atoms with Gasteiger partial charge in [-0.2, -0.15) is 0 Å². The van der Waals surface area contributed by atoms with Crippen molar-refractivity contribution in [3.05, 3.63) is 47.8 Å². The molecule has 1 aliphatic heterocycles. The Morgan fingerprint density at radius 1 is 1.19 bits per heavy atom. The maximum absolute atomic E-state index is 14.3. The second-order valence-electron chi connectivity index (χ2n) is 8.95. The van der Waals surface area contributed by atoms with Gasteiger partial charge in [0.2, 0.25) is 0 Å². The minimum absolute atomic E-state index is 0.248. The summed E-state index contributed by atoms with van der Waals surface area (Å²) in [6.45, 7) is 2.97. The van der Waals surface area contributed by atoms with Crippen molar-refractivity contribution in [1.29, 1.82) is 0 Å². The van der Waals surface area contributed by atoms with E-state index in [-0.39, 0.29) is 11.1 Å². The topological polar surface area (TPSA) is 71.2 Å². The van der Waals surface area contributed by atoms with Gasteiger partial charge in [0, 0.05) is 42.7 Å². The largest absolute Gasteiger partial charge is 0.368 e. The molecule has 1 saturated heterocycles. The van der Waals surface area contributed by atoms with Crippen LogP contribution in [0.3, 0.4) is 0 Å². The Morgan fingerprint density at radius 2 is 1.90 bits per heavy atom. The molecular weight excluding hydrogens is 405 g/mol. The number of pyridine rings is 1. The molecule has 2 aliphatic rings. The average Bonchev–Trinajstić information content (AvgIpc) is 3.08. The Bertz CT molecular complexity index is 961. The summed E-state index contributed by atoms with van der Waals surface area (Å²) >= 11 is 0. The Labute approximate surface area is 179 Å². The zero-order chi connectivity index (χ0) is 22.2. The van der Waals surface area contributed by atoms with Crippen molar-refractivity contribution in [3.63, 3.8) is 0 Å². The van der Waals surface area contributed by atoms with Crippen LogP contribution in [0.4, 0.5) is 18.9 Å². The molecular formula is C23H27F3N4O. The zero-order valence-electron chi connectivity index (χ0n) is 17.5. The standard InChI is InChI=1S/C23H27F3N4O/c1-23(27)6-7-30(13-23)21-17(14-8-15(24)10-16(25)9-14)11-28-12-18(21)22(31)29-20-5-3-2-4-19(20)26/h8-12,19-20H,2-7,13,27H2,1H3,(H,29,31)/t19-,20-,23-/m0/s1. The first-order valence-electron chi connectivity index (χ1n) is 10.7. The average molecular weight is 432 g/mol. The summed E-state index contributed by atoms with van der Waals surface area (Å²) in [5.41, 5.74) is 7.32. The minimum atomic E-state index is -1.09. The van der Waals surface area contributed by atoms with Gasteiger partial charge < -0.3 is 16.0 Å². The molecule has 3 atom stereocenters. The number of amides is 1. The summed E-state index contributed by atoms with van der Waals surface area (Å²) in [6, 6.07) is 2.66. The summed E-state index contributed by atoms with van der Waals surface area (Å²) < 4.78 is 42.2. The van der Waals surface area contributed by atoms with E-state index >= 15 is 0 Å². The van der Waals surface area contributed by atoms with Crippen molar-refractivity contribution >= 4 is 11.6 Å². The number of nitrogens with one attached hydrogen (secondary N) is 1. The molecule has 0 unspecified atom stereocenters. The van der Waals surface area contributed by atoms with Crippen molar-refractivity contribution in [3.8, 4) is 11.1 Å².